The number of hydrogen-bond acceptors (Lipinski definition) is 4. The minimum atomic E-state index is -0.208. The molecule has 4 rings (SSSR count). The van der Waals surface area contributed by atoms with Gasteiger partial charge in [-0.15, -0.1) is 12.4 Å². The van der Waals surface area contributed by atoms with Crippen molar-refractivity contribution in [1.82, 2.24) is 15.5 Å². The highest BCUT2D eigenvalue weighted by Gasteiger charge is 2.25. The lowest BCUT2D eigenvalue weighted by Gasteiger charge is -2.28. The molecule has 2 aliphatic heterocycles. The van der Waals surface area contributed by atoms with E-state index in [9.17, 15) is 4.79 Å². The van der Waals surface area contributed by atoms with Gasteiger partial charge in [0, 0.05) is 26.2 Å². The van der Waals surface area contributed by atoms with Gasteiger partial charge in [0.25, 0.3) is 5.91 Å². The summed E-state index contributed by atoms with van der Waals surface area (Å²) in [5.41, 5.74) is 3.85. The molecule has 2 N–H and O–H groups in total. The van der Waals surface area contributed by atoms with Crippen LogP contribution in [-0.4, -0.2) is 42.9 Å². The highest BCUT2D eigenvalue weighted by atomic mass is 35.5. The summed E-state index contributed by atoms with van der Waals surface area (Å²) >= 11 is 0. The van der Waals surface area contributed by atoms with E-state index in [4.69, 9.17) is 0 Å². The Morgan fingerprint density at radius 3 is 2.27 bits per heavy atom. The normalized spacial score (nSPS) is 18.3. The molecule has 1 fully saturated rings. The first-order chi connectivity index (χ1) is 12.3. The predicted molar refractivity (Wildman–Crippen MR) is 107 cm³/mol. The molecule has 0 aromatic heterocycles. The lowest BCUT2D eigenvalue weighted by Crippen LogP contribution is -2.49. The topological polar surface area (TPSA) is 56.7 Å². The third-order valence-electron chi connectivity index (χ3n) is 4.43. The van der Waals surface area contributed by atoms with Gasteiger partial charge in [0.15, 0.2) is 0 Å². The first-order valence-corrected chi connectivity index (χ1v) is 8.52. The lowest BCUT2D eigenvalue weighted by atomic mass is 10.0. The Morgan fingerprint density at radius 2 is 1.58 bits per heavy atom. The molecule has 1 saturated heterocycles. The van der Waals surface area contributed by atoms with E-state index in [1.54, 1.807) is 0 Å². The van der Waals surface area contributed by atoms with Gasteiger partial charge in [-0.05, 0) is 22.8 Å². The number of nitrogens with zero attached hydrogens (tertiary/aromatic N) is 2. The molecule has 1 amide bonds. The van der Waals surface area contributed by atoms with Crippen LogP contribution in [0.5, 0.6) is 0 Å². The third kappa shape index (κ3) is 3.95. The van der Waals surface area contributed by atoms with Crippen molar-refractivity contribution in [3.63, 3.8) is 0 Å². The van der Waals surface area contributed by atoms with Crippen molar-refractivity contribution in [3.8, 4) is 11.1 Å². The SMILES string of the molecule is Cl.O=C1N=C(N2CCNCC2)NC1=Cc1ccc(-c2ccccc2)cc1. The monoisotopic (exact) mass is 368 g/mol. The van der Waals surface area contributed by atoms with E-state index in [0.29, 0.717) is 11.7 Å². The zero-order valence-electron chi connectivity index (χ0n) is 14.3. The largest absolute Gasteiger partial charge is 0.340 e. The molecule has 0 bridgehead atoms. The number of amides is 1. The molecule has 134 valence electrons. The Labute approximate surface area is 159 Å². The second kappa shape index (κ2) is 8.17. The Kier molecular flexibility index (Phi) is 5.71. The summed E-state index contributed by atoms with van der Waals surface area (Å²) in [5, 5.41) is 6.46. The molecule has 26 heavy (non-hydrogen) atoms. The number of halogens is 1. The summed E-state index contributed by atoms with van der Waals surface area (Å²) < 4.78 is 0. The first-order valence-electron chi connectivity index (χ1n) is 8.52. The number of benzene rings is 2. The fourth-order valence-corrected chi connectivity index (χ4v) is 3.05. The van der Waals surface area contributed by atoms with Crippen molar-refractivity contribution >= 4 is 30.3 Å². The van der Waals surface area contributed by atoms with Crippen LogP contribution in [0.25, 0.3) is 17.2 Å². The molecule has 0 atom stereocenters. The smallest absolute Gasteiger partial charge is 0.296 e. The number of guanidine groups is 1. The van der Waals surface area contributed by atoms with Crippen molar-refractivity contribution in [2.45, 2.75) is 0 Å². The Bertz CT molecular complexity index is 825. The Hall–Kier alpha value is -2.63. The van der Waals surface area contributed by atoms with Crippen molar-refractivity contribution in [1.29, 1.82) is 0 Å². The Balaban J connectivity index is 0.00000196. The zero-order chi connectivity index (χ0) is 17.1. The third-order valence-corrected chi connectivity index (χ3v) is 4.43. The second-order valence-corrected chi connectivity index (χ2v) is 6.15. The highest BCUT2D eigenvalue weighted by Crippen LogP contribution is 2.20. The van der Waals surface area contributed by atoms with Gasteiger partial charge in [0.1, 0.15) is 5.70 Å². The summed E-state index contributed by atoms with van der Waals surface area (Å²) in [7, 11) is 0. The van der Waals surface area contributed by atoms with Crippen LogP contribution in [-0.2, 0) is 4.79 Å². The molecule has 6 heteroatoms. The number of aliphatic imine (C=N–C) groups is 1. The number of hydrogen-bond donors (Lipinski definition) is 2. The van der Waals surface area contributed by atoms with Crippen molar-refractivity contribution < 1.29 is 4.79 Å². The molecular weight excluding hydrogens is 348 g/mol. The van der Waals surface area contributed by atoms with Crippen LogP contribution < -0.4 is 10.6 Å². The molecule has 0 saturated carbocycles. The van der Waals surface area contributed by atoms with Gasteiger partial charge in [0.2, 0.25) is 5.96 Å². The maximum absolute atomic E-state index is 12.2. The van der Waals surface area contributed by atoms with Crippen LogP contribution in [0.15, 0.2) is 65.3 Å². The number of piperazine rings is 1. The summed E-state index contributed by atoms with van der Waals surface area (Å²) in [6, 6.07) is 18.4. The molecule has 0 radical (unpaired) electrons. The summed E-state index contributed by atoms with van der Waals surface area (Å²) in [4.78, 5) is 18.4. The standard InChI is InChI=1S/C20H20N4O.ClH/c25-19-18(22-20(23-19)24-12-10-21-11-13-24)14-15-6-8-17(9-7-15)16-4-2-1-3-5-16;/h1-9,14,21H,10-13H2,(H,22,23,25);1H. The van der Waals surface area contributed by atoms with E-state index < -0.39 is 0 Å². The van der Waals surface area contributed by atoms with Gasteiger partial charge >= 0.3 is 0 Å². The fraction of sp³-hybridized carbons (Fsp3) is 0.200. The molecule has 2 aliphatic rings. The average molecular weight is 369 g/mol. The molecule has 5 nitrogen and oxygen atoms in total. The summed E-state index contributed by atoms with van der Waals surface area (Å²) in [6.07, 6.45) is 1.86. The lowest BCUT2D eigenvalue weighted by molar-refractivity contribution is -0.114. The van der Waals surface area contributed by atoms with Crippen LogP contribution in [0.3, 0.4) is 0 Å². The van der Waals surface area contributed by atoms with E-state index in [1.807, 2.05) is 36.4 Å². The summed E-state index contributed by atoms with van der Waals surface area (Å²) in [6.45, 7) is 3.54. The predicted octanol–water partition coefficient (Wildman–Crippen LogP) is 2.51. The molecule has 2 aromatic rings. The van der Waals surface area contributed by atoms with Gasteiger partial charge in [0.05, 0.1) is 0 Å². The van der Waals surface area contributed by atoms with E-state index >= 15 is 0 Å². The molecule has 0 aliphatic carbocycles. The van der Waals surface area contributed by atoms with Gasteiger partial charge < -0.3 is 15.5 Å². The van der Waals surface area contributed by atoms with Crippen LogP contribution in [0.1, 0.15) is 5.56 Å². The highest BCUT2D eigenvalue weighted by molar-refractivity contribution is 6.12. The van der Waals surface area contributed by atoms with Crippen LogP contribution >= 0.6 is 12.4 Å². The fourth-order valence-electron chi connectivity index (χ4n) is 3.05. The van der Waals surface area contributed by atoms with Gasteiger partial charge in [-0.2, -0.15) is 4.99 Å². The maximum Gasteiger partial charge on any atom is 0.296 e. The number of carbonyl (C=O) groups excluding carboxylic acids is 1. The van der Waals surface area contributed by atoms with E-state index in [-0.39, 0.29) is 18.3 Å². The second-order valence-electron chi connectivity index (χ2n) is 6.15. The van der Waals surface area contributed by atoms with Crippen molar-refractivity contribution in [2.24, 2.45) is 4.99 Å². The summed E-state index contributed by atoms with van der Waals surface area (Å²) in [5.74, 6) is 0.458. The minimum Gasteiger partial charge on any atom is -0.340 e. The van der Waals surface area contributed by atoms with Gasteiger partial charge in [-0.3, -0.25) is 4.79 Å². The maximum atomic E-state index is 12.2. The molecule has 0 spiro atoms. The number of carbonyl (C=O) groups is 1. The zero-order valence-corrected chi connectivity index (χ0v) is 15.1. The number of rotatable bonds is 2. The first kappa shape index (κ1) is 18.2. The van der Waals surface area contributed by atoms with Gasteiger partial charge in [-0.1, -0.05) is 54.6 Å². The number of nitrogens with one attached hydrogen (secondary N) is 2. The minimum absolute atomic E-state index is 0. The molecule has 2 aromatic carbocycles. The quantitative estimate of drug-likeness (QED) is 0.800. The van der Waals surface area contributed by atoms with Crippen molar-refractivity contribution in [2.75, 3.05) is 26.2 Å². The molecular formula is C20H21ClN4O. The van der Waals surface area contributed by atoms with Crippen LogP contribution in [0.4, 0.5) is 0 Å². The van der Waals surface area contributed by atoms with Crippen LogP contribution in [0, 0.1) is 0 Å². The molecule has 2 heterocycles. The van der Waals surface area contributed by atoms with E-state index in [0.717, 1.165) is 37.3 Å². The molecule has 0 unspecified atom stereocenters. The van der Waals surface area contributed by atoms with Crippen LogP contribution in [0.2, 0.25) is 0 Å². The van der Waals surface area contributed by atoms with Gasteiger partial charge in [-0.25, -0.2) is 0 Å². The van der Waals surface area contributed by atoms with E-state index in [2.05, 4.69) is 44.8 Å². The van der Waals surface area contributed by atoms with E-state index in [1.165, 1.54) is 5.56 Å². The Morgan fingerprint density at radius 1 is 0.923 bits per heavy atom. The van der Waals surface area contributed by atoms with Crippen molar-refractivity contribution in [3.05, 3.63) is 65.9 Å². The average Bonchev–Trinajstić information content (AvgIpc) is 3.04.